The zero-order valence-electron chi connectivity index (χ0n) is 29.7. The molecule has 0 bridgehead atoms. The summed E-state index contributed by atoms with van der Waals surface area (Å²) in [6.07, 6.45) is 6.38. The van der Waals surface area contributed by atoms with Crippen LogP contribution >= 0.6 is 0 Å². The van der Waals surface area contributed by atoms with Crippen molar-refractivity contribution in [1.82, 2.24) is 25.2 Å². The highest BCUT2D eigenvalue weighted by atomic mass is 32.2. The Kier molecular flexibility index (Phi) is 9.37. The number of benzene rings is 1. The molecule has 52 heavy (non-hydrogen) atoms. The monoisotopic (exact) mass is 737 g/mol. The number of rotatable bonds is 6. The number of nitrogens with zero attached hydrogens (tertiary/aromatic N) is 2. The minimum Gasteiger partial charge on any atom is -0.477 e. The van der Waals surface area contributed by atoms with Crippen LogP contribution in [-0.2, 0) is 30.8 Å². The third-order valence-electron chi connectivity index (χ3n) is 11.6. The van der Waals surface area contributed by atoms with Gasteiger partial charge in [0.1, 0.15) is 23.7 Å². The van der Waals surface area contributed by atoms with Crippen molar-refractivity contribution in [1.29, 1.82) is 0 Å². The number of allylic oxidation sites excluding steroid dienone is 1. The molecule has 4 N–H and O–H groups in total. The van der Waals surface area contributed by atoms with Crippen LogP contribution in [0.25, 0.3) is 10.8 Å². The molecule has 3 fully saturated rings. The molecule has 2 saturated carbocycles. The van der Waals surface area contributed by atoms with Crippen molar-refractivity contribution >= 4 is 44.6 Å². The van der Waals surface area contributed by atoms with E-state index < -0.39 is 74.1 Å². The van der Waals surface area contributed by atoms with Gasteiger partial charge in [0, 0.05) is 23.3 Å². The summed E-state index contributed by atoms with van der Waals surface area (Å²) in [5.74, 6) is -2.01. The van der Waals surface area contributed by atoms with Crippen molar-refractivity contribution in [2.45, 2.75) is 107 Å². The maximum atomic E-state index is 14.4. The number of ether oxygens (including phenoxy) is 2. The second kappa shape index (κ2) is 13.5. The zero-order valence-corrected chi connectivity index (χ0v) is 30.5. The Morgan fingerprint density at radius 1 is 1.13 bits per heavy atom. The van der Waals surface area contributed by atoms with Crippen LogP contribution < -0.4 is 24.8 Å². The van der Waals surface area contributed by atoms with Crippen LogP contribution in [-0.4, -0.2) is 88.8 Å². The Hall–Kier alpha value is -4.40. The lowest BCUT2D eigenvalue weighted by Gasteiger charge is -2.32. The van der Waals surface area contributed by atoms with E-state index in [0.717, 1.165) is 35.6 Å². The number of carbonyl (C=O) groups is 4. The molecule has 7 rings (SSSR count). The first-order valence-electron chi connectivity index (χ1n) is 18.3. The Bertz CT molecular complexity index is 1930. The first-order chi connectivity index (χ1) is 24.7. The summed E-state index contributed by atoms with van der Waals surface area (Å²) < 4.78 is 39.9. The van der Waals surface area contributed by atoms with Crippen molar-refractivity contribution in [3.8, 4) is 11.8 Å². The SMILES string of the molecule is C[C@H]1CC/C=C\[C@@H]2C[C@@]2(C(=O)NS(=O)(=O)C2(C)CC2)NC(=O)[C@@H]2C[C@@H](Oc3nc4c(c5ccccc35)CCCO4)CN2C(=O)[C@@H](NC(=O)O)[C@H](C)C1. The Morgan fingerprint density at radius 3 is 2.62 bits per heavy atom. The van der Waals surface area contributed by atoms with Gasteiger partial charge in [-0.2, -0.15) is 4.98 Å². The molecule has 15 heteroatoms. The number of aryl methyl sites for hydroxylation is 1. The molecule has 1 aromatic carbocycles. The van der Waals surface area contributed by atoms with Crippen LogP contribution in [0.4, 0.5) is 4.79 Å². The number of fused-ring (bicyclic) bond motifs is 5. The molecule has 0 spiro atoms. The van der Waals surface area contributed by atoms with Crippen molar-refractivity contribution in [2.24, 2.45) is 17.8 Å². The number of carboxylic acid groups (broad SMARTS) is 1. The summed E-state index contributed by atoms with van der Waals surface area (Å²) in [7, 11) is -4.00. The van der Waals surface area contributed by atoms with Crippen LogP contribution in [0.3, 0.4) is 0 Å². The number of pyridine rings is 1. The van der Waals surface area contributed by atoms with Gasteiger partial charge in [-0.3, -0.25) is 19.1 Å². The van der Waals surface area contributed by atoms with Crippen LogP contribution in [0.2, 0.25) is 0 Å². The molecule has 7 atom stereocenters. The maximum Gasteiger partial charge on any atom is 0.405 e. The lowest BCUT2D eigenvalue weighted by molar-refractivity contribution is -0.142. The predicted molar refractivity (Wildman–Crippen MR) is 190 cm³/mol. The van der Waals surface area contributed by atoms with E-state index in [9.17, 15) is 32.7 Å². The third kappa shape index (κ3) is 6.79. The number of hydrogen-bond donors (Lipinski definition) is 4. The molecular formula is C37H47N5O9S. The van der Waals surface area contributed by atoms with Gasteiger partial charge in [-0.1, -0.05) is 44.2 Å². The summed E-state index contributed by atoms with van der Waals surface area (Å²) in [5, 5.41) is 16.8. The minimum absolute atomic E-state index is 0.0185. The molecule has 0 radical (unpaired) electrons. The van der Waals surface area contributed by atoms with Crippen molar-refractivity contribution in [3.63, 3.8) is 0 Å². The fourth-order valence-corrected chi connectivity index (χ4v) is 9.34. The fraction of sp³-hybridized carbons (Fsp3) is 0.595. The van der Waals surface area contributed by atoms with E-state index in [4.69, 9.17) is 14.5 Å². The van der Waals surface area contributed by atoms with Gasteiger partial charge in [0.25, 0.3) is 5.91 Å². The first-order valence-corrected chi connectivity index (χ1v) is 19.8. The van der Waals surface area contributed by atoms with E-state index in [2.05, 4.69) is 15.4 Å². The van der Waals surface area contributed by atoms with Crippen LogP contribution in [0, 0.1) is 17.8 Å². The summed E-state index contributed by atoms with van der Waals surface area (Å²) in [6, 6.07) is 5.37. The third-order valence-corrected chi connectivity index (χ3v) is 13.7. The van der Waals surface area contributed by atoms with Crippen molar-refractivity contribution in [3.05, 3.63) is 42.0 Å². The standard InChI is InChI=1S/C37H47N5O9S/c1-21-9-4-5-10-23-19-37(23,34(45)41-52(48,49)36(3)14-15-36)40-30(43)28-18-24(20-42(28)33(44)29(22(2)17-21)38-35(46)47)51-32-27-12-7-6-11-25(27)26-13-8-16-50-31(26)39-32/h5-7,10-12,21-24,28-29,38H,4,8-9,13-20H2,1-3H3,(H,40,43)(H,41,45)(H,46,47)/b10-5-/t21-,22+,23+,24+,28-,29-,37+/m0/s1. The lowest BCUT2D eigenvalue weighted by atomic mass is 9.88. The first kappa shape index (κ1) is 36.0. The molecule has 2 aliphatic carbocycles. The Labute approximate surface area is 303 Å². The molecule has 4 amide bonds. The summed E-state index contributed by atoms with van der Waals surface area (Å²) >= 11 is 0. The second-order valence-electron chi connectivity index (χ2n) is 15.6. The largest absolute Gasteiger partial charge is 0.477 e. The lowest BCUT2D eigenvalue weighted by Crippen LogP contribution is -2.59. The topological polar surface area (TPSA) is 193 Å². The summed E-state index contributed by atoms with van der Waals surface area (Å²) in [4.78, 5) is 60.7. The van der Waals surface area contributed by atoms with Crippen LogP contribution in [0.5, 0.6) is 11.8 Å². The van der Waals surface area contributed by atoms with Crippen molar-refractivity contribution < 1.29 is 42.2 Å². The number of nitrogens with one attached hydrogen (secondary N) is 3. The molecular weight excluding hydrogens is 691 g/mol. The second-order valence-corrected chi connectivity index (χ2v) is 17.8. The molecule has 5 aliphatic rings. The smallest absolute Gasteiger partial charge is 0.405 e. The number of carbonyl (C=O) groups excluding carboxylic acids is 3. The van der Waals surface area contributed by atoms with Crippen LogP contribution in [0.1, 0.15) is 77.7 Å². The van der Waals surface area contributed by atoms with Gasteiger partial charge in [0.05, 0.1) is 17.9 Å². The van der Waals surface area contributed by atoms with Gasteiger partial charge in [0.15, 0.2) is 0 Å². The van der Waals surface area contributed by atoms with Gasteiger partial charge >= 0.3 is 6.09 Å². The number of amides is 4. The van der Waals surface area contributed by atoms with Gasteiger partial charge < -0.3 is 30.1 Å². The highest BCUT2D eigenvalue weighted by Crippen LogP contribution is 2.48. The molecule has 1 saturated heterocycles. The number of sulfonamides is 1. The zero-order chi connectivity index (χ0) is 37.0. The molecule has 4 heterocycles. The molecule has 14 nitrogen and oxygen atoms in total. The van der Waals surface area contributed by atoms with Gasteiger partial charge in [-0.05, 0) is 81.6 Å². The molecule has 280 valence electrons. The molecule has 3 aliphatic heterocycles. The highest BCUT2D eigenvalue weighted by molar-refractivity contribution is 7.91. The average molecular weight is 738 g/mol. The van der Waals surface area contributed by atoms with E-state index in [1.165, 1.54) is 4.90 Å². The molecule has 1 aromatic heterocycles. The highest BCUT2D eigenvalue weighted by Gasteiger charge is 2.63. The minimum atomic E-state index is -4.00. The summed E-state index contributed by atoms with van der Waals surface area (Å²) in [6.45, 7) is 5.90. The van der Waals surface area contributed by atoms with Crippen LogP contribution in [0.15, 0.2) is 36.4 Å². The van der Waals surface area contributed by atoms with Crippen molar-refractivity contribution in [2.75, 3.05) is 13.2 Å². The van der Waals surface area contributed by atoms with E-state index in [1.54, 1.807) is 6.92 Å². The molecule has 2 aromatic rings. The Morgan fingerprint density at radius 2 is 1.88 bits per heavy atom. The normalized spacial score (nSPS) is 32.0. The predicted octanol–water partition coefficient (Wildman–Crippen LogP) is 3.43. The van der Waals surface area contributed by atoms with E-state index in [-0.39, 0.29) is 25.3 Å². The number of hydrogen-bond acceptors (Lipinski definition) is 9. The van der Waals surface area contributed by atoms with Gasteiger partial charge in [0.2, 0.25) is 33.6 Å². The number of aromatic nitrogens is 1. The average Bonchev–Trinajstić information content (AvgIpc) is 3.98. The quantitative estimate of drug-likeness (QED) is 0.319. The van der Waals surface area contributed by atoms with Gasteiger partial charge in [-0.25, -0.2) is 13.2 Å². The van der Waals surface area contributed by atoms with Gasteiger partial charge in [-0.15, -0.1) is 0 Å². The van der Waals surface area contributed by atoms with E-state index in [0.29, 0.717) is 44.1 Å². The maximum absolute atomic E-state index is 14.4. The van der Waals surface area contributed by atoms with E-state index in [1.807, 2.05) is 50.3 Å². The molecule has 0 unspecified atom stereocenters. The Balaban J connectivity index is 1.23. The fourth-order valence-electron chi connectivity index (χ4n) is 8.02. The summed E-state index contributed by atoms with van der Waals surface area (Å²) in [5.41, 5.74) is -0.548. The van der Waals surface area contributed by atoms with E-state index >= 15 is 0 Å².